The van der Waals surface area contributed by atoms with E-state index in [1.54, 1.807) is 0 Å². The van der Waals surface area contributed by atoms with Crippen LogP contribution in [-0.2, 0) is 13.1 Å². The Labute approximate surface area is 394 Å². The lowest BCUT2D eigenvalue weighted by atomic mass is 9.86. The standard InChI is InChI=1S/C29H33ClN2.C23H30N2.C6H5Cl/c30-29-14-8-7-13-27(29)28-22-32(19-23-9-3-1-4-10-23)21-26(28)20-31-17-15-25(16-18-31)24-11-5-2-6-12-24;1-3-7-20(8-4-1)17-25-14-11-21(19-25)18-24-15-12-23(13-16-24)22-9-5-2-6-10-22;7-6-4-2-1-3-5-6/h1-14,25-26,28H,15-22H2;1-10,21,23H,11-19H2;1-5H/t26-,28?;21-;/m00./s1. The third-order valence-corrected chi connectivity index (χ3v) is 14.7. The van der Waals surface area contributed by atoms with Crippen molar-refractivity contribution in [3.05, 3.63) is 214 Å². The highest BCUT2D eigenvalue weighted by Gasteiger charge is 2.36. The molecule has 4 aliphatic rings. The van der Waals surface area contributed by atoms with Crippen molar-refractivity contribution >= 4 is 23.2 Å². The Morgan fingerprint density at radius 3 is 1.33 bits per heavy atom. The number of hydrogen-bond donors (Lipinski definition) is 0. The van der Waals surface area contributed by atoms with Crippen LogP contribution in [0.25, 0.3) is 0 Å². The fourth-order valence-corrected chi connectivity index (χ4v) is 11.2. The topological polar surface area (TPSA) is 13.0 Å². The van der Waals surface area contributed by atoms with Crippen molar-refractivity contribution in [2.24, 2.45) is 11.8 Å². The monoisotopic (exact) mass is 890 g/mol. The van der Waals surface area contributed by atoms with E-state index in [1.165, 1.54) is 112 Å². The van der Waals surface area contributed by atoms with Crippen LogP contribution in [0.2, 0.25) is 10.0 Å². The van der Waals surface area contributed by atoms with E-state index in [-0.39, 0.29) is 0 Å². The van der Waals surface area contributed by atoms with Gasteiger partial charge in [0.1, 0.15) is 0 Å². The second kappa shape index (κ2) is 24.3. The van der Waals surface area contributed by atoms with Gasteiger partial charge in [0.2, 0.25) is 0 Å². The van der Waals surface area contributed by atoms with Gasteiger partial charge >= 0.3 is 0 Å². The second-order valence-corrected chi connectivity index (χ2v) is 19.6. The molecule has 4 heterocycles. The van der Waals surface area contributed by atoms with Crippen molar-refractivity contribution < 1.29 is 0 Å². The molecular weight excluding hydrogens is 824 g/mol. The van der Waals surface area contributed by atoms with Crippen LogP contribution < -0.4 is 0 Å². The van der Waals surface area contributed by atoms with Crippen LogP contribution in [0.1, 0.15) is 77.7 Å². The van der Waals surface area contributed by atoms with E-state index in [4.69, 9.17) is 23.2 Å². The second-order valence-electron chi connectivity index (χ2n) is 18.7. The van der Waals surface area contributed by atoms with Gasteiger partial charge < -0.3 is 9.80 Å². The molecule has 4 nitrogen and oxygen atoms in total. The first-order valence-corrected chi connectivity index (χ1v) is 24.8. The Bertz CT molecular complexity index is 2190. The lowest BCUT2D eigenvalue weighted by molar-refractivity contribution is 0.177. The highest BCUT2D eigenvalue weighted by molar-refractivity contribution is 6.31. The molecule has 4 aliphatic heterocycles. The number of halogens is 2. The number of benzene rings is 6. The van der Waals surface area contributed by atoms with Crippen molar-refractivity contribution in [2.75, 3.05) is 65.4 Å². The molecule has 6 aromatic rings. The summed E-state index contributed by atoms with van der Waals surface area (Å²) in [5, 5.41) is 1.72. The summed E-state index contributed by atoms with van der Waals surface area (Å²) in [6, 6.07) is 61.9. The number of nitrogens with zero attached hydrogens (tertiary/aromatic N) is 4. The molecule has 6 aromatic carbocycles. The maximum atomic E-state index is 6.68. The molecule has 4 saturated heterocycles. The predicted octanol–water partition coefficient (Wildman–Crippen LogP) is 13.2. The van der Waals surface area contributed by atoms with Crippen molar-refractivity contribution in [2.45, 2.75) is 62.9 Å². The third kappa shape index (κ3) is 13.9. The zero-order valence-electron chi connectivity index (χ0n) is 37.7. The predicted molar refractivity (Wildman–Crippen MR) is 270 cm³/mol. The molecule has 6 heteroatoms. The van der Waals surface area contributed by atoms with Gasteiger partial charge in [-0.25, -0.2) is 0 Å². The summed E-state index contributed by atoms with van der Waals surface area (Å²) in [5.41, 5.74) is 7.23. The van der Waals surface area contributed by atoms with Crippen LogP contribution in [0.15, 0.2) is 176 Å². The van der Waals surface area contributed by atoms with Crippen LogP contribution in [0, 0.1) is 11.8 Å². The molecule has 334 valence electrons. The Balaban J connectivity index is 0.000000155. The van der Waals surface area contributed by atoms with Gasteiger partial charge in [0, 0.05) is 61.8 Å². The Hall–Kier alpha value is -4.26. The summed E-state index contributed by atoms with van der Waals surface area (Å²) in [6.07, 6.45) is 6.54. The van der Waals surface area contributed by atoms with Crippen LogP contribution in [-0.4, -0.2) is 85.0 Å². The summed E-state index contributed by atoms with van der Waals surface area (Å²) in [7, 11) is 0. The largest absolute Gasteiger partial charge is 0.303 e. The molecule has 4 fully saturated rings. The fraction of sp³-hybridized carbons (Fsp3) is 0.379. The van der Waals surface area contributed by atoms with E-state index in [9.17, 15) is 0 Å². The lowest BCUT2D eigenvalue weighted by Crippen LogP contribution is -2.38. The van der Waals surface area contributed by atoms with E-state index in [2.05, 4.69) is 159 Å². The summed E-state index contributed by atoms with van der Waals surface area (Å²) in [6.45, 7) is 14.3. The molecular formula is C58H68Cl2N4. The van der Waals surface area contributed by atoms with Crippen molar-refractivity contribution in [1.82, 2.24) is 19.6 Å². The minimum Gasteiger partial charge on any atom is -0.303 e. The summed E-state index contributed by atoms with van der Waals surface area (Å²) in [5.74, 6) is 3.46. The zero-order chi connectivity index (χ0) is 43.8. The molecule has 3 atom stereocenters. The molecule has 0 saturated carbocycles. The average Bonchev–Trinajstić information content (AvgIpc) is 3.97. The van der Waals surface area contributed by atoms with Gasteiger partial charge in [0.25, 0.3) is 0 Å². The van der Waals surface area contributed by atoms with Crippen LogP contribution >= 0.6 is 23.2 Å². The minimum absolute atomic E-state index is 0.499. The molecule has 0 radical (unpaired) electrons. The van der Waals surface area contributed by atoms with E-state index in [0.29, 0.717) is 17.8 Å². The first-order valence-electron chi connectivity index (χ1n) is 24.0. The van der Waals surface area contributed by atoms with E-state index in [0.717, 1.165) is 48.1 Å². The summed E-state index contributed by atoms with van der Waals surface area (Å²) < 4.78 is 0. The third-order valence-electron chi connectivity index (χ3n) is 14.1. The maximum absolute atomic E-state index is 6.68. The van der Waals surface area contributed by atoms with E-state index >= 15 is 0 Å². The first-order chi connectivity index (χ1) is 31.5. The molecule has 1 unspecified atom stereocenters. The lowest BCUT2D eigenvalue weighted by Gasteiger charge is -2.35. The van der Waals surface area contributed by atoms with Gasteiger partial charge in [-0.2, -0.15) is 0 Å². The van der Waals surface area contributed by atoms with Crippen molar-refractivity contribution in [3.63, 3.8) is 0 Å². The number of likely N-dealkylation sites (tertiary alicyclic amines) is 4. The molecule has 0 aromatic heterocycles. The van der Waals surface area contributed by atoms with Crippen LogP contribution in [0.4, 0.5) is 0 Å². The maximum Gasteiger partial charge on any atom is 0.0441 e. The van der Waals surface area contributed by atoms with Gasteiger partial charge in [-0.3, -0.25) is 9.80 Å². The van der Waals surface area contributed by atoms with Gasteiger partial charge in [0.05, 0.1) is 0 Å². The molecule has 64 heavy (non-hydrogen) atoms. The first kappa shape index (κ1) is 46.3. The highest BCUT2D eigenvalue weighted by Crippen LogP contribution is 2.38. The van der Waals surface area contributed by atoms with Gasteiger partial charge in [-0.1, -0.05) is 181 Å². The van der Waals surface area contributed by atoms with Crippen LogP contribution in [0.3, 0.4) is 0 Å². The van der Waals surface area contributed by atoms with Gasteiger partial charge in [0.15, 0.2) is 0 Å². The van der Waals surface area contributed by atoms with Crippen molar-refractivity contribution in [3.8, 4) is 0 Å². The van der Waals surface area contributed by atoms with Crippen molar-refractivity contribution in [1.29, 1.82) is 0 Å². The highest BCUT2D eigenvalue weighted by atomic mass is 35.5. The number of hydrogen-bond acceptors (Lipinski definition) is 4. The number of piperidine rings is 2. The Morgan fingerprint density at radius 2 is 0.828 bits per heavy atom. The minimum atomic E-state index is 0.499. The SMILES string of the molecule is Clc1ccccc1.Clc1ccccc1C1CN(Cc2ccccc2)C[C@@H]1CN1CCC(c2ccccc2)CC1.c1ccc(CN2CC[C@@H](CN3CCC(c4ccccc4)CC3)C2)cc1. The summed E-state index contributed by atoms with van der Waals surface area (Å²) in [4.78, 5) is 10.7. The number of rotatable bonds is 11. The normalized spacial score (nSPS) is 21.4. The quantitative estimate of drug-likeness (QED) is 0.128. The molecule has 0 spiro atoms. The molecule has 0 bridgehead atoms. The van der Waals surface area contributed by atoms with Gasteiger partial charge in [-0.15, -0.1) is 0 Å². The molecule has 0 N–H and O–H groups in total. The Morgan fingerprint density at radius 1 is 0.391 bits per heavy atom. The van der Waals surface area contributed by atoms with E-state index < -0.39 is 0 Å². The molecule has 10 rings (SSSR count). The van der Waals surface area contributed by atoms with Crippen LogP contribution in [0.5, 0.6) is 0 Å². The fourth-order valence-electron chi connectivity index (χ4n) is 10.8. The van der Waals surface area contributed by atoms with E-state index in [1.807, 2.05) is 36.4 Å². The molecule has 0 amide bonds. The summed E-state index contributed by atoms with van der Waals surface area (Å²) >= 11 is 12.2. The Kier molecular flexibility index (Phi) is 17.6. The zero-order valence-corrected chi connectivity index (χ0v) is 39.2. The van der Waals surface area contributed by atoms with Gasteiger partial charge in [-0.05, 0) is 135 Å². The average molecular weight is 892 g/mol. The molecule has 0 aliphatic carbocycles. The smallest absolute Gasteiger partial charge is 0.0441 e.